The van der Waals surface area contributed by atoms with E-state index >= 15 is 0 Å². The summed E-state index contributed by atoms with van der Waals surface area (Å²) in [4.78, 5) is 24.6. The molecule has 0 bridgehead atoms. The van der Waals surface area contributed by atoms with Gasteiger partial charge in [-0.05, 0) is 18.6 Å². The number of hydrogen-bond donors (Lipinski definition) is 7. The van der Waals surface area contributed by atoms with E-state index in [4.69, 9.17) is 40.3 Å². The number of hydrogen-bond acceptors (Lipinski definition) is 13. The van der Waals surface area contributed by atoms with Crippen LogP contribution in [-0.4, -0.2) is 26.3 Å². The molecule has 0 aliphatic carbocycles. The lowest BCUT2D eigenvalue weighted by molar-refractivity contribution is 0.0694. The molecule has 174 valence electrons. The number of phenols is 1. The van der Waals surface area contributed by atoms with E-state index in [2.05, 4.69) is 9.51 Å². The number of anilines is 2. The Morgan fingerprint density at radius 3 is 2.34 bits per heavy atom. The topological polar surface area (TPSA) is 239 Å². The van der Waals surface area contributed by atoms with Gasteiger partial charge in [0, 0.05) is 24.0 Å². The highest BCUT2D eigenvalue weighted by Crippen LogP contribution is 2.33. The Morgan fingerprint density at radius 2 is 1.91 bits per heavy atom. The Kier molecular flexibility index (Phi) is 11.4. The van der Waals surface area contributed by atoms with Gasteiger partial charge in [0.15, 0.2) is 5.75 Å². The molecule has 3 rings (SSSR count). The van der Waals surface area contributed by atoms with E-state index in [0.29, 0.717) is 17.2 Å². The van der Waals surface area contributed by atoms with Crippen molar-refractivity contribution >= 4 is 41.8 Å². The van der Waals surface area contributed by atoms with Gasteiger partial charge in [-0.1, -0.05) is 6.92 Å². The van der Waals surface area contributed by atoms with E-state index < -0.39 is 5.97 Å². The predicted molar refractivity (Wildman–Crippen MR) is 122 cm³/mol. The predicted octanol–water partition coefficient (Wildman–Crippen LogP) is 1.67. The zero-order chi connectivity index (χ0) is 24.1. The summed E-state index contributed by atoms with van der Waals surface area (Å²) in [5, 5.41) is 29.9. The fourth-order valence-corrected chi connectivity index (χ4v) is 2.48. The van der Waals surface area contributed by atoms with Crippen molar-refractivity contribution in [2.24, 2.45) is 10.3 Å². The molecule has 3 aromatic rings. The molecule has 0 fully saturated rings. The van der Waals surface area contributed by atoms with E-state index in [9.17, 15) is 9.59 Å². The molecule has 32 heavy (non-hydrogen) atoms. The molecule has 0 saturated heterocycles. The third kappa shape index (κ3) is 8.31. The van der Waals surface area contributed by atoms with Gasteiger partial charge in [-0.2, -0.15) is 5.16 Å². The van der Waals surface area contributed by atoms with Crippen LogP contribution in [0.15, 0.2) is 46.0 Å². The zero-order valence-corrected chi connectivity index (χ0v) is 18.3. The van der Waals surface area contributed by atoms with Crippen LogP contribution >= 0.6 is 24.5 Å². The summed E-state index contributed by atoms with van der Waals surface area (Å²) in [6.45, 7) is 1.97. The van der Waals surface area contributed by atoms with E-state index in [-0.39, 0.29) is 22.6 Å². The number of pyridine rings is 1. The number of aryl methyl sites for hydroxylation is 1. The van der Waals surface area contributed by atoms with Gasteiger partial charge in [-0.15, -0.1) is 0 Å². The lowest BCUT2D eigenvalue weighted by Gasteiger charge is -2.09. The van der Waals surface area contributed by atoms with Gasteiger partial charge in [0.1, 0.15) is 47.7 Å². The maximum Gasteiger partial charge on any atom is 0.339 e. The average Bonchev–Trinajstić information content (AvgIpc) is 3.12. The second-order valence-corrected chi connectivity index (χ2v) is 6.22. The minimum Gasteiger partial charge on any atom is -0.507 e. The normalized spacial score (nSPS) is 9.59. The van der Waals surface area contributed by atoms with Crippen LogP contribution in [0.4, 0.5) is 11.4 Å². The van der Waals surface area contributed by atoms with Gasteiger partial charge in [0.2, 0.25) is 5.75 Å². The number of aromatic hydroxyl groups is 1. The van der Waals surface area contributed by atoms with Crippen molar-refractivity contribution in [1.82, 2.24) is 10.1 Å². The molecule has 0 aliphatic heterocycles. The van der Waals surface area contributed by atoms with Gasteiger partial charge in [0.25, 0.3) is 0 Å². The molecule has 2 heterocycles. The summed E-state index contributed by atoms with van der Waals surface area (Å²) < 4.78 is 14.5. The zero-order valence-electron chi connectivity index (χ0n) is 16.7. The van der Waals surface area contributed by atoms with E-state index in [0.717, 1.165) is 42.8 Å². The summed E-state index contributed by atoms with van der Waals surface area (Å²) in [7, 11) is 0. The second-order valence-electron chi connectivity index (χ2n) is 5.50. The number of H-pyrrole nitrogens is 1. The SMILES string of the molecule is CCc1nccc(OSN)c1OSN.Nc1ccc(C(=O)O)c(O)c1.Nc1co[nH]c1=O. The first-order chi connectivity index (χ1) is 15.2. The lowest BCUT2D eigenvalue weighted by atomic mass is 10.2. The minimum atomic E-state index is -1.16. The molecule has 0 amide bonds. The molecule has 0 aliphatic rings. The van der Waals surface area contributed by atoms with Crippen molar-refractivity contribution in [3.8, 4) is 17.2 Å². The van der Waals surface area contributed by atoms with Crippen LogP contribution in [0.5, 0.6) is 17.2 Å². The summed E-state index contributed by atoms with van der Waals surface area (Å²) in [6, 6.07) is 5.55. The molecule has 1 aromatic carbocycles. The fraction of sp³-hybridized carbons (Fsp3) is 0.118. The van der Waals surface area contributed by atoms with E-state index in [1.54, 1.807) is 12.3 Å². The number of nitrogen functional groups attached to an aromatic ring is 2. The van der Waals surface area contributed by atoms with E-state index in [1.165, 1.54) is 18.2 Å². The number of rotatable bonds is 6. The molecule has 13 nitrogen and oxygen atoms in total. The Hall–Kier alpha value is -3.53. The number of nitrogens with two attached hydrogens (primary N) is 4. The number of aromatic nitrogens is 2. The largest absolute Gasteiger partial charge is 0.507 e. The van der Waals surface area contributed by atoms with Crippen LogP contribution < -0.4 is 35.7 Å². The number of aromatic amines is 1. The number of carboxylic acids is 1. The number of benzene rings is 1. The highest BCUT2D eigenvalue weighted by Gasteiger charge is 2.12. The highest BCUT2D eigenvalue weighted by molar-refractivity contribution is 7.93. The van der Waals surface area contributed by atoms with Crippen molar-refractivity contribution in [2.75, 3.05) is 11.5 Å². The standard InChI is InChI=1S/C7H11N3O2S2.C7H7NO3.C3H4N2O2/c1-2-5-7(12-14-9)6(11-13-8)3-4-10-5;8-4-1-2-5(7(10)11)6(9)3-4;4-2-1-7-5-3(2)6/h3-4H,2,8-9H2,1H3;1-3,9H,8H2,(H,10,11);1H,4H2,(H,5,6). The molecule has 0 spiro atoms. The first kappa shape index (κ1) is 26.5. The summed E-state index contributed by atoms with van der Waals surface area (Å²) in [5.41, 5.74) is 11.0. The number of nitrogens with one attached hydrogen (secondary N) is 1. The summed E-state index contributed by atoms with van der Waals surface area (Å²) in [6.07, 6.45) is 3.53. The number of aromatic carboxylic acids is 1. The van der Waals surface area contributed by atoms with Crippen molar-refractivity contribution in [2.45, 2.75) is 13.3 Å². The summed E-state index contributed by atoms with van der Waals surface area (Å²) >= 11 is 1.51. The highest BCUT2D eigenvalue weighted by atomic mass is 32.2. The molecular formula is C17H22N6O7S2. The van der Waals surface area contributed by atoms with E-state index in [1.807, 2.05) is 12.1 Å². The van der Waals surface area contributed by atoms with Crippen LogP contribution in [0, 0.1) is 0 Å². The lowest BCUT2D eigenvalue weighted by Crippen LogP contribution is -2.02. The number of carbonyl (C=O) groups is 1. The molecule has 0 atom stereocenters. The molecule has 0 unspecified atom stereocenters. The third-order valence-corrected chi connectivity index (χ3v) is 3.94. The molecule has 15 heteroatoms. The van der Waals surface area contributed by atoms with Crippen molar-refractivity contribution in [3.05, 3.63) is 58.3 Å². The molecule has 11 N–H and O–H groups in total. The fourth-order valence-electron chi connectivity index (χ4n) is 1.97. The molecule has 0 saturated carbocycles. The maximum atomic E-state index is 10.3. The molecule has 0 radical (unpaired) electrons. The first-order valence-electron chi connectivity index (χ1n) is 8.53. The monoisotopic (exact) mass is 486 g/mol. The third-order valence-electron chi connectivity index (χ3n) is 3.40. The summed E-state index contributed by atoms with van der Waals surface area (Å²) in [5.74, 6) is -0.414. The Morgan fingerprint density at radius 1 is 1.22 bits per heavy atom. The quantitative estimate of drug-likeness (QED) is 0.149. The van der Waals surface area contributed by atoms with Gasteiger partial charge in [-0.3, -0.25) is 9.78 Å². The number of carboxylic acid groups (broad SMARTS) is 1. The molecular weight excluding hydrogens is 464 g/mol. The van der Waals surface area contributed by atoms with Crippen molar-refractivity contribution in [1.29, 1.82) is 0 Å². The number of nitrogens with zero attached hydrogens (tertiary/aromatic N) is 1. The van der Waals surface area contributed by atoms with Gasteiger partial charge < -0.3 is 34.6 Å². The van der Waals surface area contributed by atoms with Crippen LogP contribution in [0.2, 0.25) is 0 Å². The Balaban J connectivity index is 0.000000253. The van der Waals surface area contributed by atoms with Crippen molar-refractivity contribution < 1.29 is 27.9 Å². The van der Waals surface area contributed by atoms with Crippen LogP contribution in [0.3, 0.4) is 0 Å². The Labute approximate surface area is 190 Å². The van der Waals surface area contributed by atoms with Crippen LogP contribution in [-0.2, 0) is 6.42 Å². The van der Waals surface area contributed by atoms with Gasteiger partial charge in [-0.25, -0.2) is 15.1 Å². The van der Waals surface area contributed by atoms with Crippen LogP contribution in [0.1, 0.15) is 23.0 Å². The van der Waals surface area contributed by atoms with Gasteiger partial charge in [0.05, 0.1) is 5.69 Å². The molecule has 2 aromatic heterocycles. The smallest absolute Gasteiger partial charge is 0.339 e. The first-order valence-corrected chi connectivity index (χ1v) is 10.1. The maximum absolute atomic E-state index is 10.3. The van der Waals surface area contributed by atoms with Crippen molar-refractivity contribution in [3.63, 3.8) is 0 Å². The van der Waals surface area contributed by atoms with Gasteiger partial charge >= 0.3 is 11.5 Å². The van der Waals surface area contributed by atoms with Crippen LogP contribution in [0.25, 0.3) is 0 Å². The second kappa shape index (κ2) is 13.7. The Bertz CT molecular complexity index is 1060. The average molecular weight is 487 g/mol. The minimum absolute atomic E-state index is 0.111.